The first-order chi connectivity index (χ1) is 21.5. The molecule has 0 bridgehead atoms. The number of carbonyl (C=O) groups excluding carboxylic acids is 3. The summed E-state index contributed by atoms with van der Waals surface area (Å²) in [7, 11) is 0. The SMILES string of the molecule is O=C(O)CC(NC(=O)C(CC1CCCCC1)NC(=O)COc1cccc2ccccc12)C(=O)COc1c(F)c(F)cc(F)c1F. The molecule has 4 rings (SSSR count). The molecule has 9 nitrogen and oxygen atoms in total. The van der Waals surface area contributed by atoms with Crippen LogP contribution in [-0.2, 0) is 19.2 Å². The van der Waals surface area contributed by atoms with Gasteiger partial charge in [0.1, 0.15) is 24.4 Å². The van der Waals surface area contributed by atoms with Gasteiger partial charge in [-0.25, -0.2) is 8.78 Å². The summed E-state index contributed by atoms with van der Waals surface area (Å²) < 4.78 is 65.4. The van der Waals surface area contributed by atoms with Crippen LogP contribution < -0.4 is 20.1 Å². The number of carbonyl (C=O) groups is 4. The minimum absolute atomic E-state index is 0.0410. The predicted molar refractivity (Wildman–Crippen MR) is 154 cm³/mol. The fourth-order valence-corrected chi connectivity index (χ4v) is 5.30. The number of ether oxygens (including phenoxy) is 2. The topological polar surface area (TPSA) is 131 Å². The number of fused-ring (bicyclic) bond motifs is 1. The van der Waals surface area contributed by atoms with Gasteiger partial charge in [-0.05, 0) is 23.8 Å². The van der Waals surface area contributed by atoms with Gasteiger partial charge >= 0.3 is 5.97 Å². The van der Waals surface area contributed by atoms with Crippen molar-refractivity contribution in [2.75, 3.05) is 13.2 Å². The van der Waals surface area contributed by atoms with E-state index in [1.165, 1.54) is 0 Å². The summed E-state index contributed by atoms with van der Waals surface area (Å²) in [5, 5.41) is 15.9. The molecule has 0 spiro atoms. The van der Waals surface area contributed by atoms with Gasteiger partial charge in [0, 0.05) is 11.5 Å². The van der Waals surface area contributed by atoms with Gasteiger partial charge in [-0.3, -0.25) is 19.2 Å². The number of ketones is 1. The zero-order valence-corrected chi connectivity index (χ0v) is 24.1. The molecule has 1 saturated carbocycles. The van der Waals surface area contributed by atoms with Crippen molar-refractivity contribution >= 4 is 34.3 Å². The van der Waals surface area contributed by atoms with E-state index in [-0.39, 0.29) is 18.4 Å². The standard InChI is InChI=1S/C32H32F4N2O7/c33-21-14-22(34)30(36)31(29(21)35)45-16-25(39)23(15-28(41)42)38-32(43)24(13-18-7-2-1-3-8-18)37-27(40)17-44-26-12-6-10-19-9-4-5-11-20(19)26/h4-6,9-12,14,18,23-24H,1-3,7-8,13,15-17H2,(H,37,40)(H,38,43)(H,41,42). The van der Waals surface area contributed by atoms with Crippen molar-refractivity contribution in [3.63, 3.8) is 0 Å². The van der Waals surface area contributed by atoms with Crippen LogP contribution in [0.1, 0.15) is 44.9 Å². The van der Waals surface area contributed by atoms with Crippen LogP contribution in [0.2, 0.25) is 0 Å². The fraction of sp³-hybridized carbons (Fsp3) is 0.375. The highest BCUT2D eigenvalue weighted by Crippen LogP contribution is 2.29. The highest BCUT2D eigenvalue weighted by Gasteiger charge is 2.31. The van der Waals surface area contributed by atoms with Crippen molar-refractivity contribution < 1.29 is 51.3 Å². The Morgan fingerprint density at radius 2 is 1.49 bits per heavy atom. The minimum atomic E-state index is -1.89. The molecule has 0 aromatic heterocycles. The van der Waals surface area contributed by atoms with E-state index in [1.807, 2.05) is 30.3 Å². The number of carboxylic acid groups (broad SMARTS) is 1. The highest BCUT2D eigenvalue weighted by atomic mass is 19.2. The summed E-state index contributed by atoms with van der Waals surface area (Å²) in [6, 6.07) is 9.79. The van der Waals surface area contributed by atoms with E-state index in [0.29, 0.717) is 5.75 Å². The van der Waals surface area contributed by atoms with Crippen LogP contribution in [0.5, 0.6) is 11.5 Å². The quantitative estimate of drug-likeness (QED) is 0.171. The monoisotopic (exact) mass is 632 g/mol. The molecule has 3 aromatic rings. The Bertz CT molecular complexity index is 1530. The molecule has 1 aliphatic carbocycles. The lowest BCUT2D eigenvalue weighted by molar-refractivity contribution is -0.141. The van der Waals surface area contributed by atoms with Gasteiger partial charge < -0.3 is 25.2 Å². The van der Waals surface area contributed by atoms with Crippen molar-refractivity contribution in [3.05, 3.63) is 71.8 Å². The van der Waals surface area contributed by atoms with Crippen LogP contribution in [0, 0.1) is 29.2 Å². The van der Waals surface area contributed by atoms with E-state index in [1.54, 1.807) is 12.1 Å². The lowest BCUT2D eigenvalue weighted by Crippen LogP contribution is -2.54. The van der Waals surface area contributed by atoms with Crippen molar-refractivity contribution in [3.8, 4) is 11.5 Å². The predicted octanol–water partition coefficient (Wildman–Crippen LogP) is 4.84. The second kappa shape index (κ2) is 15.4. The third-order valence-electron chi connectivity index (χ3n) is 7.57. The van der Waals surface area contributed by atoms with Gasteiger partial charge in [-0.15, -0.1) is 0 Å². The van der Waals surface area contributed by atoms with E-state index in [9.17, 15) is 41.8 Å². The number of carboxylic acids is 1. The van der Waals surface area contributed by atoms with Crippen LogP contribution >= 0.6 is 0 Å². The summed E-state index contributed by atoms with van der Waals surface area (Å²) in [5.41, 5.74) is 0. The molecule has 0 saturated heterocycles. The average molecular weight is 633 g/mol. The Balaban J connectivity index is 1.45. The normalized spacial score (nSPS) is 14.8. The molecule has 3 N–H and O–H groups in total. The molecule has 13 heteroatoms. The minimum Gasteiger partial charge on any atom is -0.483 e. The van der Waals surface area contributed by atoms with E-state index in [2.05, 4.69) is 15.4 Å². The van der Waals surface area contributed by atoms with Gasteiger partial charge in [-0.1, -0.05) is 68.5 Å². The third kappa shape index (κ3) is 8.93. The van der Waals surface area contributed by atoms with Crippen LogP contribution in [0.25, 0.3) is 10.8 Å². The Morgan fingerprint density at radius 3 is 2.18 bits per heavy atom. The van der Waals surface area contributed by atoms with E-state index in [4.69, 9.17) is 4.74 Å². The first-order valence-electron chi connectivity index (χ1n) is 14.4. The van der Waals surface area contributed by atoms with E-state index in [0.717, 1.165) is 42.9 Å². The molecule has 0 heterocycles. The molecule has 1 aliphatic rings. The lowest BCUT2D eigenvalue weighted by atomic mass is 9.84. The molecule has 3 aromatic carbocycles. The third-order valence-corrected chi connectivity index (χ3v) is 7.57. The van der Waals surface area contributed by atoms with Gasteiger partial charge in [0.25, 0.3) is 5.91 Å². The second-order valence-electron chi connectivity index (χ2n) is 10.8. The zero-order valence-electron chi connectivity index (χ0n) is 24.1. The molecule has 2 atom stereocenters. The van der Waals surface area contributed by atoms with Crippen LogP contribution in [0.4, 0.5) is 17.6 Å². The summed E-state index contributed by atoms with van der Waals surface area (Å²) in [6.07, 6.45) is 3.77. The summed E-state index contributed by atoms with van der Waals surface area (Å²) in [5.74, 6) is -12.4. The zero-order chi connectivity index (χ0) is 32.5. The summed E-state index contributed by atoms with van der Waals surface area (Å²) in [6.45, 7) is -1.65. The molecular formula is C32H32F4N2O7. The average Bonchev–Trinajstić information content (AvgIpc) is 3.02. The van der Waals surface area contributed by atoms with Crippen LogP contribution in [-0.4, -0.2) is 54.0 Å². The van der Waals surface area contributed by atoms with Crippen molar-refractivity contribution in [1.82, 2.24) is 10.6 Å². The molecule has 1 fully saturated rings. The van der Waals surface area contributed by atoms with Crippen LogP contribution in [0.3, 0.4) is 0 Å². The number of Topliss-reactive ketones (excluding diaryl/α,β-unsaturated/α-hetero) is 1. The Labute approximate surface area is 255 Å². The Morgan fingerprint density at radius 1 is 0.822 bits per heavy atom. The molecule has 2 amide bonds. The van der Waals surface area contributed by atoms with E-state index >= 15 is 0 Å². The molecule has 0 aliphatic heterocycles. The Hall–Kier alpha value is -4.68. The number of nitrogens with one attached hydrogen (secondary N) is 2. The first kappa shape index (κ1) is 33.2. The summed E-state index contributed by atoms with van der Waals surface area (Å²) >= 11 is 0. The maximum Gasteiger partial charge on any atom is 0.305 e. The van der Waals surface area contributed by atoms with E-state index < -0.39 is 84.3 Å². The van der Waals surface area contributed by atoms with Gasteiger partial charge in [0.2, 0.25) is 17.5 Å². The molecule has 2 unspecified atom stereocenters. The number of halogens is 4. The number of amides is 2. The first-order valence-corrected chi connectivity index (χ1v) is 14.4. The molecule has 240 valence electrons. The van der Waals surface area contributed by atoms with Crippen molar-refractivity contribution in [2.45, 2.75) is 57.0 Å². The number of aliphatic carboxylic acids is 1. The maximum atomic E-state index is 14.0. The Kier molecular flexibility index (Phi) is 11.3. The number of rotatable bonds is 14. The largest absolute Gasteiger partial charge is 0.483 e. The smallest absolute Gasteiger partial charge is 0.305 e. The summed E-state index contributed by atoms with van der Waals surface area (Å²) in [4.78, 5) is 50.7. The number of hydrogen-bond donors (Lipinski definition) is 3. The van der Waals surface area contributed by atoms with Crippen molar-refractivity contribution in [1.29, 1.82) is 0 Å². The van der Waals surface area contributed by atoms with Crippen molar-refractivity contribution in [2.24, 2.45) is 5.92 Å². The van der Waals surface area contributed by atoms with Gasteiger partial charge in [-0.2, -0.15) is 8.78 Å². The van der Waals surface area contributed by atoms with Crippen LogP contribution in [0.15, 0.2) is 48.5 Å². The maximum absolute atomic E-state index is 14.0. The fourth-order valence-electron chi connectivity index (χ4n) is 5.30. The molecule has 0 radical (unpaired) electrons. The van der Waals surface area contributed by atoms with Gasteiger partial charge in [0.15, 0.2) is 29.8 Å². The molecule has 45 heavy (non-hydrogen) atoms. The lowest BCUT2D eigenvalue weighted by Gasteiger charge is -2.28. The van der Waals surface area contributed by atoms with Gasteiger partial charge in [0.05, 0.1) is 6.42 Å². The second-order valence-corrected chi connectivity index (χ2v) is 10.8. The molecular weight excluding hydrogens is 600 g/mol. The number of benzene rings is 3. The highest BCUT2D eigenvalue weighted by molar-refractivity contribution is 5.95. The number of hydrogen-bond acceptors (Lipinski definition) is 6.